The molecular weight excluding hydrogens is 495 g/mol. The SMILES string of the molecule is CC(C)(C)c1ccc(COC(=O)c2cccc3c2N(C(C(N)=O)c2ccc(Cl)c(Cl)c2)CCC3)cc1. The van der Waals surface area contributed by atoms with Crippen LogP contribution >= 0.6 is 23.2 Å². The van der Waals surface area contributed by atoms with Gasteiger partial charge in [-0.05, 0) is 58.7 Å². The lowest BCUT2D eigenvalue weighted by Gasteiger charge is -2.37. The van der Waals surface area contributed by atoms with Crippen LogP contribution in [0.3, 0.4) is 0 Å². The summed E-state index contributed by atoms with van der Waals surface area (Å²) >= 11 is 12.3. The zero-order valence-electron chi connectivity index (χ0n) is 20.7. The number of anilines is 1. The molecule has 0 bridgehead atoms. The van der Waals surface area contributed by atoms with E-state index in [0.29, 0.717) is 33.4 Å². The molecule has 0 spiro atoms. The van der Waals surface area contributed by atoms with Gasteiger partial charge in [0.25, 0.3) is 0 Å². The third-order valence-corrected chi connectivity index (χ3v) is 7.24. The molecule has 5 nitrogen and oxygen atoms in total. The number of ether oxygens (including phenoxy) is 1. The Morgan fingerprint density at radius 3 is 2.39 bits per heavy atom. The average molecular weight is 525 g/mol. The normalized spacial score (nSPS) is 14.2. The van der Waals surface area contributed by atoms with E-state index in [9.17, 15) is 9.59 Å². The van der Waals surface area contributed by atoms with Crippen molar-refractivity contribution in [3.8, 4) is 0 Å². The van der Waals surface area contributed by atoms with Crippen LogP contribution in [-0.2, 0) is 28.0 Å². The smallest absolute Gasteiger partial charge is 0.340 e. The van der Waals surface area contributed by atoms with Crippen molar-refractivity contribution < 1.29 is 14.3 Å². The number of primary amides is 1. The van der Waals surface area contributed by atoms with Crippen LogP contribution in [0, 0.1) is 0 Å². The number of fused-ring (bicyclic) bond motifs is 1. The van der Waals surface area contributed by atoms with E-state index in [1.54, 1.807) is 24.3 Å². The lowest BCUT2D eigenvalue weighted by Crippen LogP contribution is -2.41. The predicted octanol–water partition coefficient (Wildman–Crippen LogP) is 6.63. The van der Waals surface area contributed by atoms with Gasteiger partial charge in [-0.25, -0.2) is 4.79 Å². The highest BCUT2D eigenvalue weighted by Crippen LogP contribution is 2.38. The summed E-state index contributed by atoms with van der Waals surface area (Å²) in [7, 11) is 0. The molecule has 2 N–H and O–H groups in total. The van der Waals surface area contributed by atoms with Crippen molar-refractivity contribution in [2.75, 3.05) is 11.4 Å². The maximum atomic E-state index is 13.3. The van der Waals surface area contributed by atoms with Crippen molar-refractivity contribution >= 4 is 40.8 Å². The number of benzene rings is 3. The molecule has 188 valence electrons. The maximum absolute atomic E-state index is 13.3. The summed E-state index contributed by atoms with van der Waals surface area (Å²) in [6, 6.07) is 17.8. The monoisotopic (exact) mass is 524 g/mol. The van der Waals surface area contributed by atoms with Crippen LogP contribution in [0.15, 0.2) is 60.7 Å². The Hall–Kier alpha value is -3.02. The fraction of sp³-hybridized carbons (Fsp3) is 0.310. The zero-order valence-corrected chi connectivity index (χ0v) is 22.2. The van der Waals surface area contributed by atoms with Gasteiger partial charge in [-0.15, -0.1) is 0 Å². The fourth-order valence-electron chi connectivity index (χ4n) is 4.61. The standard InChI is InChI=1S/C29H30Cl2N2O3/c1-29(2,3)21-12-9-18(10-13-21)17-36-28(35)22-8-4-6-19-7-5-15-33(25(19)22)26(27(32)34)20-11-14-23(30)24(31)16-20/h4,6,8-14,16,26H,5,7,15,17H2,1-3H3,(H2,32,34). The van der Waals surface area contributed by atoms with Gasteiger partial charge in [0.15, 0.2) is 0 Å². The van der Waals surface area contributed by atoms with E-state index < -0.39 is 17.9 Å². The summed E-state index contributed by atoms with van der Waals surface area (Å²) in [5.74, 6) is -0.987. The van der Waals surface area contributed by atoms with Crippen LogP contribution in [0.4, 0.5) is 5.69 Å². The quantitative estimate of drug-likeness (QED) is 0.367. The van der Waals surface area contributed by atoms with E-state index in [2.05, 4.69) is 32.9 Å². The van der Waals surface area contributed by atoms with Crippen molar-refractivity contribution in [2.24, 2.45) is 5.73 Å². The highest BCUT2D eigenvalue weighted by atomic mass is 35.5. The molecule has 1 unspecified atom stereocenters. The highest BCUT2D eigenvalue weighted by Gasteiger charge is 2.33. The van der Waals surface area contributed by atoms with E-state index in [-0.39, 0.29) is 12.0 Å². The second kappa shape index (κ2) is 10.5. The number of rotatable bonds is 6. The Balaban J connectivity index is 1.63. The Morgan fingerprint density at radius 1 is 1.03 bits per heavy atom. The molecule has 1 aliphatic rings. The zero-order chi connectivity index (χ0) is 26.0. The average Bonchev–Trinajstić information content (AvgIpc) is 2.84. The molecule has 0 radical (unpaired) electrons. The van der Waals surface area contributed by atoms with Crippen LogP contribution in [0.2, 0.25) is 10.0 Å². The first kappa shape index (κ1) is 26.1. The molecule has 1 aliphatic heterocycles. The van der Waals surface area contributed by atoms with Crippen molar-refractivity contribution in [1.82, 2.24) is 0 Å². The second-order valence-electron chi connectivity index (χ2n) is 10.1. The van der Waals surface area contributed by atoms with Gasteiger partial charge in [0, 0.05) is 6.54 Å². The molecule has 0 aromatic heterocycles. The molecule has 0 saturated heterocycles. The van der Waals surface area contributed by atoms with Gasteiger partial charge >= 0.3 is 5.97 Å². The largest absolute Gasteiger partial charge is 0.457 e. The number of esters is 1. The van der Waals surface area contributed by atoms with Gasteiger partial charge in [-0.3, -0.25) is 4.79 Å². The first-order valence-electron chi connectivity index (χ1n) is 12.0. The number of carbonyl (C=O) groups is 2. The Labute approximate surface area is 222 Å². The minimum absolute atomic E-state index is 0.0487. The van der Waals surface area contributed by atoms with Crippen LogP contribution in [-0.4, -0.2) is 18.4 Å². The fourth-order valence-corrected chi connectivity index (χ4v) is 4.92. The summed E-state index contributed by atoms with van der Waals surface area (Å²) in [5, 5.41) is 0.727. The number of amides is 1. The molecule has 36 heavy (non-hydrogen) atoms. The Morgan fingerprint density at radius 2 is 1.75 bits per heavy atom. The van der Waals surface area contributed by atoms with Gasteiger partial charge in [-0.2, -0.15) is 0 Å². The number of hydrogen-bond donors (Lipinski definition) is 1. The molecule has 4 rings (SSSR count). The molecule has 0 aliphatic carbocycles. The minimum Gasteiger partial charge on any atom is -0.457 e. The maximum Gasteiger partial charge on any atom is 0.340 e. The van der Waals surface area contributed by atoms with E-state index in [4.69, 9.17) is 33.7 Å². The molecule has 1 atom stereocenters. The van der Waals surface area contributed by atoms with E-state index in [1.807, 2.05) is 29.2 Å². The number of nitrogens with two attached hydrogens (primary N) is 1. The van der Waals surface area contributed by atoms with Gasteiger partial charge in [0.1, 0.15) is 12.6 Å². The summed E-state index contributed by atoms with van der Waals surface area (Å²) in [6.45, 7) is 7.18. The van der Waals surface area contributed by atoms with Crippen molar-refractivity contribution in [1.29, 1.82) is 0 Å². The Bertz CT molecular complexity index is 1280. The molecule has 7 heteroatoms. The van der Waals surface area contributed by atoms with Crippen LogP contribution < -0.4 is 10.6 Å². The topological polar surface area (TPSA) is 72.6 Å². The minimum atomic E-state index is -0.808. The predicted molar refractivity (Wildman–Crippen MR) is 145 cm³/mol. The summed E-state index contributed by atoms with van der Waals surface area (Å²) in [5.41, 5.74) is 10.7. The van der Waals surface area contributed by atoms with Gasteiger partial charge in [0.05, 0.1) is 21.3 Å². The van der Waals surface area contributed by atoms with Crippen molar-refractivity contribution in [3.05, 3.63) is 98.5 Å². The van der Waals surface area contributed by atoms with Gasteiger partial charge in [-0.1, -0.05) is 86.4 Å². The second-order valence-corrected chi connectivity index (χ2v) is 10.9. The molecule has 1 amide bonds. The summed E-state index contributed by atoms with van der Waals surface area (Å²) < 4.78 is 5.71. The number of aryl methyl sites for hydroxylation is 1. The summed E-state index contributed by atoms with van der Waals surface area (Å²) in [6.07, 6.45) is 1.60. The number of halogens is 2. The highest BCUT2D eigenvalue weighted by molar-refractivity contribution is 6.42. The number of para-hydroxylation sites is 1. The number of hydrogen-bond acceptors (Lipinski definition) is 4. The van der Waals surface area contributed by atoms with Crippen LogP contribution in [0.1, 0.15) is 65.8 Å². The van der Waals surface area contributed by atoms with E-state index in [1.165, 1.54) is 5.56 Å². The summed E-state index contributed by atoms with van der Waals surface area (Å²) in [4.78, 5) is 27.9. The van der Waals surface area contributed by atoms with Crippen LogP contribution in [0.5, 0.6) is 0 Å². The van der Waals surface area contributed by atoms with E-state index >= 15 is 0 Å². The molecule has 3 aromatic carbocycles. The third kappa shape index (κ3) is 5.53. The van der Waals surface area contributed by atoms with Gasteiger partial charge < -0.3 is 15.4 Å². The third-order valence-electron chi connectivity index (χ3n) is 6.50. The molecule has 0 fully saturated rings. The molecule has 1 heterocycles. The van der Waals surface area contributed by atoms with E-state index in [0.717, 1.165) is 24.0 Å². The lowest BCUT2D eigenvalue weighted by atomic mass is 9.87. The lowest BCUT2D eigenvalue weighted by molar-refractivity contribution is -0.119. The van der Waals surface area contributed by atoms with Gasteiger partial charge in [0.2, 0.25) is 5.91 Å². The van der Waals surface area contributed by atoms with Crippen molar-refractivity contribution in [2.45, 2.75) is 51.7 Å². The Kier molecular flexibility index (Phi) is 7.62. The molecular formula is C29H30Cl2N2O3. The molecule has 3 aromatic rings. The number of carbonyl (C=O) groups excluding carboxylic acids is 2. The molecule has 0 saturated carbocycles. The first-order chi connectivity index (χ1) is 17.1. The van der Waals surface area contributed by atoms with Crippen molar-refractivity contribution in [3.63, 3.8) is 0 Å². The first-order valence-corrected chi connectivity index (χ1v) is 12.7. The van der Waals surface area contributed by atoms with Crippen LogP contribution in [0.25, 0.3) is 0 Å². The number of nitrogens with zero attached hydrogens (tertiary/aromatic N) is 1.